The minimum Gasteiger partial charge on any atom is -0.476 e. The number of anilines is 1. The minimum atomic E-state index is -0.156. The first-order valence-electron chi connectivity index (χ1n) is 8.39. The number of aliphatic hydroxyl groups is 1. The lowest BCUT2D eigenvalue weighted by atomic mass is 10.00. The van der Waals surface area contributed by atoms with Crippen LogP contribution < -0.4 is 15.8 Å². The number of hydrogen-bond acceptors (Lipinski definition) is 6. The molecule has 1 amide bonds. The van der Waals surface area contributed by atoms with Gasteiger partial charge in [-0.2, -0.15) is 0 Å². The molecule has 0 saturated heterocycles. The molecule has 1 saturated carbocycles. The zero-order valence-corrected chi connectivity index (χ0v) is 15.8. The average molecular weight is 384 g/mol. The molecule has 0 bridgehead atoms. The molecule has 0 radical (unpaired) electrons. The summed E-state index contributed by atoms with van der Waals surface area (Å²) in [7, 11) is 0. The number of carbonyl (C=O) groups is 1. The van der Waals surface area contributed by atoms with E-state index in [2.05, 4.69) is 10.3 Å². The molecule has 0 aromatic carbocycles. The van der Waals surface area contributed by atoms with Crippen LogP contribution in [0.15, 0.2) is 0 Å². The van der Waals surface area contributed by atoms with Crippen LogP contribution in [0.25, 0.3) is 10.2 Å². The van der Waals surface area contributed by atoms with Gasteiger partial charge in [-0.25, -0.2) is 4.98 Å². The fourth-order valence-corrected chi connectivity index (χ4v) is 4.07. The number of nitrogens with zero attached hydrogens (tertiary/aromatic N) is 1. The number of thiophene rings is 1. The van der Waals surface area contributed by atoms with E-state index in [0.29, 0.717) is 39.3 Å². The number of nitrogens with one attached hydrogen (secondary N) is 1. The highest BCUT2D eigenvalue weighted by atomic mass is 35.5. The molecule has 2 aromatic heterocycles. The second-order valence-electron chi connectivity index (χ2n) is 6.50. The third-order valence-corrected chi connectivity index (χ3v) is 5.52. The summed E-state index contributed by atoms with van der Waals surface area (Å²) in [6.07, 6.45) is 2.52. The van der Waals surface area contributed by atoms with Gasteiger partial charge in [0.05, 0.1) is 12.3 Å². The first-order valence-corrected chi connectivity index (χ1v) is 9.59. The first kappa shape index (κ1) is 18.2. The van der Waals surface area contributed by atoms with Crippen LogP contribution in [0.5, 0.6) is 5.88 Å². The Kier molecular flexibility index (Phi) is 5.36. The van der Waals surface area contributed by atoms with Gasteiger partial charge in [0.1, 0.15) is 14.7 Å². The van der Waals surface area contributed by atoms with E-state index >= 15 is 0 Å². The van der Waals surface area contributed by atoms with Crippen LogP contribution >= 0.6 is 22.9 Å². The molecule has 0 unspecified atom stereocenters. The molecule has 0 aliphatic heterocycles. The number of nitrogens with two attached hydrogens (primary N) is 1. The van der Waals surface area contributed by atoms with Gasteiger partial charge in [-0.3, -0.25) is 4.79 Å². The van der Waals surface area contributed by atoms with Crippen LogP contribution in [0.3, 0.4) is 0 Å². The zero-order valence-electron chi connectivity index (χ0n) is 14.3. The lowest BCUT2D eigenvalue weighted by Gasteiger charge is -2.14. The molecule has 3 rings (SSSR count). The number of hydrogen-bond donors (Lipinski definition) is 3. The summed E-state index contributed by atoms with van der Waals surface area (Å²) in [5.41, 5.74) is 7.56. The van der Waals surface area contributed by atoms with Gasteiger partial charge < -0.3 is 20.9 Å². The highest BCUT2D eigenvalue weighted by Gasteiger charge is 2.28. The maximum atomic E-state index is 12.4. The zero-order chi connectivity index (χ0) is 18.1. The van der Waals surface area contributed by atoms with E-state index < -0.39 is 0 Å². The van der Waals surface area contributed by atoms with Crippen molar-refractivity contribution in [2.45, 2.75) is 45.1 Å². The molecule has 4 N–H and O–H groups in total. The number of amides is 1. The Hall–Kier alpha value is -1.57. The molecule has 136 valence electrons. The Morgan fingerprint density at radius 2 is 2.24 bits per heavy atom. The number of carbonyl (C=O) groups excluding carboxylic acids is 1. The van der Waals surface area contributed by atoms with Gasteiger partial charge in [-0.1, -0.05) is 25.4 Å². The van der Waals surface area contributed by atoms with Crippen molar-refractivity contribution in [2.24, 2.45) is 0 Å². The van der Waals surface area contributed by atoms with Gasteiger partial charge in [0.15, 0.2) is 0 Å². The number of fused-ring (bicyclic) bond motifs is 1. The van der Waals surface area contributed by atoms with Crippen LogP contribution in [-0.4, -0.2) is 35.3 Å². The summed E-state index contributed by atoms with van der Waals surface area (Å²) in [6, 6.07) is 0.260. The van der Waals surface area contributed by atoms with Gasteiger partial charge in [-0.15, -0.1) is 11.3 Å². The Labute approximate surface area is 155 Å². The second kappa shape index (κ2) is 7.35. The van der Waals surface area contributed by atoms with Crippen LogP contribution in [0.1, 0.15) is 54.3 Å². The number of aromatic nitrogens is 1. The summed E-state index contributed by atoms with van der Waals surface area (Å²) >= 11 is 7.77. The fraction of sp³-hybridized carbons (Fsp3) is 0.529. The van der Waals surface area contributed by atoms with Gasteiger partial charge in [0.25, 0.3) is 5.91 Å². The number of aliphatic hydroxyl groups excluding tert-OH is 1. The normalized spacial score (nSPS) is 14.3. The molecule has 6 nitrogen and oxygen atoms in total. The highest BCUT2D eigenvalue weighted by molar-refractivity contribution is 7.21. The largest absolute Gasteiger partial charge is 0.476 e. The molecule has 1 aliphatic carbocycles. The third kappa shape index (κ3) is 3.68. The quantitative estimate of drug-likeness (QED) is 0.637. The van der Waals surface area contributed by atoms with E-state index in [1.807, 2.05) is 13.8 Å². The van der Waals surface area contributed by atoms with Gasteiger partial charge in [0.2, 0.25) is 5.88 Å². The van der Waals surface area contributed by atoms with Crippen LogP contribution in [0, 0.1) is 0 Å². The summed E-state index contributed by atoms with van der Waals surface area (Å²) in [5, 5.41) is 13.0. The standard InChI is InChI=1S/C17H22ClN3O3S/c1-8(2)10-11-13(19)14(15(23)20-9-4-5-9)25-17(11)21-16(12(10)18)24-7-3-6-22/h8-9,22H,3-7,19H2,1-2H3,(H,20,23). The molecule has 2 heterocycles. The molecule has 0 atom stereocenters. The predicted molar refractivity (Wildman–Crippen MR) is 101 cm³/mol. The summed E-state index contributed by atoms with van der Waals surface area (Å²) in [6.45, 7) is 4.38. The van der Waals surface area contributed by atoms with E-state index in [4.69, 9.17) is 27.2 Å². The number of pyridine rings is 1. The number of rotatable bonds is 7. The number of halogens is 1. The van der Waals surface area contributed by atoms with Gasteiger partial charge in [0, 0.05) is 24.5 Å². The maximum absolute atomic E-state index is 12.4. The lowest BCUT2D eigenvalue weighted by molar-refractivity contribution is 0.0956. The van der Waals surface area contributed by atoms with Crippen molar-refractivity contribution in [3.05, 3.63) is 15.5 Å². The fourth-order valence-electron chi connectivity index (χ4n) is 2.66. The predicted octanol–water partition coefficient (Wildman–Crippen LogP) is 3.31. The van der Waals surface area contributed by atoms with Crippen molar-refractivity contribution < 1.29 is 14.6 Å². The van der Waals surface area contributed by atoms with E-state index in [-0.39, 0.29) is 24.5 Å². The van der Waals surface area contributed by atoms with Crippen LogP contribution in [-0.2, 0) is 0 Å². The number of ether oxygens (including phenoxy) is 1. The first-order chi connectivity index (χ1) is 11.9. The van der Waals surface area contributed by atoms with Gasteiger partial charge >= 0.3 is 0 Å². The van der Waals surface area contributed by atoms with Crippen LogP contribution in [0.4, 0.5) is 5.69 Å². The Morgan fingerprint density at radius 1 is 1.52 bits per heavy atom. The number of nitrogen functional groups attached to an aromatic ring is 1. The van der Waals surface area contributed by atoms with Gasteiger partial charge in [-0.05, 0) is 24.3 Å². The maximum Gasteiger partial charge on any atom is 0.263 e. The van der Waals surface area contributed by atoms with Crippen molar-refractivity contribution in [1.82, 2.24) is 10.3 Å². The van der Waals surface area contributed by atoms with E-state index in [9.17, 15) is 4.79 Å². The topological polar surface area (TPSA) is 97.5 Å². The summed E-state index contributed by atoms with van der Waals surface area (Å²) < 4.78 is 5.62. The highest BCUT2D eigenvalue weighted by Crippen LogP contribution is 2.44. The lowest BCUT2D eigenvalue weighted by Crippen LogP contribution is -2.25. The average Bonchev–Trinajstić information content (AvgIpc) is 3.31. The van der Waals surface area contributed by atoms with E-state index in [1.165, 1.54) is 11.3 Å². The summed E-state index contributed by atoms with van der Waals surface area (Å²) in [4.78, 5) is 18.0. The Morgan fingerprint density at radius 3 is 2.84 bits per heavy atom. The van der Waals surface area contributed by atoms with Crippen molar-refractivity contribution >= 4 is 44.7 Å². The molecule has 2 aromatic rings. The molecule has 0 spiro atoms. The summed E-state index contributed by atoms with van der Waals surface area (Å²) in [5.74, 6) is 0.257. The molecular weight excluding hydrogens is 362 g/mol. The molecule has 1 fully saturated rings. The molecule has 1 aliphatic rings. The van der Waals surface area contributed by atoms with Crippen molar-refractivity contribution in [1.29, 1.82) is 0 Å². The van der Waals surface area contributed by atoms with Crippen LogP contribution in [0.2, 0.25) is 5.02 Å². The second-order valence-corrected chi connectivity index (χ2v) is 7.87. The minimum absolute atomic E-state index is 0.0360. The smallest absolute Gasteiger partial charge is 0.263 e. The van der Waals surface area contributed by atoms with Crippen molar-refractivity contribution in [3.63, 3.8) is 0 Å². The molecule has 25 heavy (non-hydrogen) atoms. The third-order valence-electron chi connectivity index (χ3n) is 4.06. The van der Waals surface area contributed by atoms with Crippen molar-refractivity contribution in [2.75, 3.05) is 18.9 Å². The Bertz CT molecular complexity index is 802. The van der Waals surface area contributed by atoms with Crippen molar-refractivity contribution in [3.8, 4) is 5.88 Å². The SMILES string of the molecule is CC(C)c1c(Cl)c(OCCCO)nc2sc(C(=O)NC3CC3)c(N)c12. The van der Waals surface area contributed by atoms with E-state index in [0.717, 1.165) is 23.8 Å². The molecule has 8 heteroatoms. The Balaban J connectivity index is 2.06. The monoisotopic (exact) mass is 383 g/mol. The molecular formula is C17H22ClN3O3S. The van der Waals surface area contributed by atoms with E-state index in [1.54, 1.807) is 0 Å².